The molecule has 0 aliphatic rings. The van der Waals surface area contributed by atoms with Crippen molar-refractivity contribution >= 4 is 38.9 Å². The van der Waals surface area contributed by atoms with Gasteiger partial charge in [-0.1, -0.05) is 30.7 Å². The first-order valence-corrected chi connectivity index (χ1v) is 8.82. The number of hydrogen-bond donors (Lipinski definition) is 1. The second-order valence-corrected chi connectivity index (χ2v) is 7.97. The standard InChI is InChI=1S/C16H19BrClNS/c1-3-8-19-15(14-10-16(17)20-11(14)2)9-12-4-6-13(18)7-5-12/h4-7,10,15,19H,3,8-9H2,1-2H3. The molecule has 1 atom stereocenters. The summed E-state index contributed by atoms with van der Waals surface area (Å²) in [6.07, 6.45) is 2.13. The highest BCUT2D eigenvalue weighted by Crippen LogP contribution is 2.32. The number of halogens is 2. The van der Waals surface area contributed by atoms with Crippen molar-refractivity contribution in [1.82, 2.24) is 5.32 Å². The monoisotopic (exact) mass is 371 g/mol. The van der Waals surface area contributed by atoms with Crippen LogP contribution in [-0.2, 0) is 6.42 Å². The lowest BCUT2D eigenvalue weighted by Gasteiger charge is -2.19. The van der Waals surface area contributed by atoms with Gasteiger partial charge in [-0.25, -0.2) is 0 Å². The number of aryl methyl sites for hydroxylation is 1. The van der Waals surface area contributed by atoms with Crippen molar-refractivity contribution in [3.8, 4) is 0 Å². The van der Waals surface area contributed by atoms with Crippen molar-refractivity contribution < 1.29 is 0 Å². The minimum atomic E-state index is 0.360. The minimum absolute atomic E-state index is 0.360. The molecule has 0 radical (unpaired) electrons. The molecule has 1 unspecified atom stereocenters. The smallest absolute Gasteiger partial charge is 0.0704 e. The highest BCUT2D eigenvalue weighted by atomic mass is 79.9. The highest BCUT2D eigenvalue weighted by Gasteiger charge is 2.16. The Kier molecular flexibility index (Phi) is 6.09. The summed E-state index contributed by atoms with van der Waals surface area (Å²) in [4.78, 5) is 1.37. The molecule has 4 heteroatoms. The maximum atomic E-state index is 5.96. The summed E-state index contributed by atoms with van der Waals surface area (Å²) < 4.78 is 1.20. The van der Waals surface area contributed by atoms with Crippen molar-refractivity contribution in [2.45, 2.75) is 32.7 Å². The fraction of sp³-hybridized carbons (Fsp3) is 0.375. The summed E-state index contributed by atoms with van der Waals surface area (Å²) in [5, 5.41) is 4.45. The van der Waals surface area contributed by atoms with E-state index in [0.717, 1.165) is 24.4 Å². The Balaban J connectivity index is 2.19. The maximum absolute atomic E-state index is 5.96. The van der Waals surface area contributed by atoms with Crippen LogP contribution < -0.4 is 5.32 Å². The van der Waals surface area contributed by atoms with E-state index >= 15 is 0 Å². The van der Waals surface area contributed by atoms with Gasteiger partial charge in [0.2, 0.25) is 0 Å². The van der Waals surface area contributed by atoms with Gasteiger partial charge < -0.3 is 5.32 Å². The molecule has 0 saturated carbocycles. The molecule has 0 amide bonds. The molecular weight excluding hydrogens is 354 g/mol. The number of hydrogen-bond acceptors (Lipinski definition) is 2. The van der Waals surface area contributed by atoms with Crippen molar-refractivity contribution in [3.05, 3.63) is 55.1 Å². The summed E-state index contributed by atoms with van der Waals surface area (Å²) >= 11 is 11.3. The molecule has 1 heterocycles. The average Bonchev–Trinajstić information content (AvgIpc) is 2.76. The van der Waals surface area contributed by atoms with Gasteiger partial charge in [-0.2, -0.15) is 0 Å². The van der Waals surface area contributed by atoms with Gasteiger partial charge in [0.05, 0.1) is 3.79 Å². The molecule has 1 nitrogen and oxygen atoms in total. The zero-order chi connectivity index (χ0) is 14.5. The van der Waals surface area contributed by atoms with Gasteiger partial charge in [0.1, 0.15) is 0 Å². The lowest BCUT2D eigenvalue weighted by Crippen LogP contribution is -2.24. The van der Waals surface area contributed by atoms with Crippen molar-refractivity contribution in [2.75, 3.05) is 6.54 Å². The predicted octanol–water partition coefficient (Wildman–Crippen LogP) is 5.76. The Labute approximate surface area is 138 Å². The molecule has 0 fully saturated rings. The van der Waals surface area contributed by atoms with E-state index in [4.69, 9.17) is 11.6 Å². The third kappa shape index (κ3) is 4.32. The Hall–Kier alpha value is -0.350. The first kappa shape index (κ1) is 16.0. The van der Waals surface area contributed by atoms with Crippen LogP contribution in [0.25, 0.3) is 0 Å². The van der Waals surface area contributed by atoms with Crippen LogP contribution in [0.5, 0.6) is 0 Å². The fourth-order valence-electron chi connectivity index (χ4n) is 2.27. The third-order valence-electron chi connectivity index (χ3n) is 3.30. The third-order valence-corrected chi connectivity index (χ3v) is 5.12. The largest absolute Gasteiger partial charge is 0.310 e. The van der Waals surface area contributed by atoms with Crippen molar-refractivity contribution in [3.63, 3.8) is 0 Å². The van der Waals surface area contributed by atoms with E-state index < -0.39 is 0 Å². The van der Waals surface area contributed by atoms with Gasteiger partial charge in [-0.15, -0.1) is 11.3 Å². The van der Waals surface area contributed by atoms with Crippen LogP contribution in [0.1, 0.15) is 35.4 Å². The van der Waals surface area contributed by atoms with Crippen LogP contribution in [0.4, 0.5) is 0 Å². The normalized spacial score (nSPS) is 12.6. The van der Waals surface area contributed by atoms with E-state index in [1.54, 1.807) is 11.3 Å². The van der Waals surface area contributed by atoms with Gasteiger partial charge in [-0.05, 0) is 71.6 Å². The van der Waals surface area contributed by atoms with Gasteiger partial charge in [-0.3, -0.25) is 0 Å². The van der Waals surface area contributed by atoms with Gasteiger partial charge in [0, 0.05) is 15.9 Å². The molecule has 2 aromatic rings. The van der Waals surface area contributed by atoms with Crippen molar-refractivity contribution in [2.24, 2.45) is 0 Å². The Morgan fingerprint density at radius 1 is 1.30 bits per heavy atom. The first-order valence-electron chi connectivity index (χ1n) is 6.83. The molecule has 0 bridgehead atoms. The van der Waals surface area contributed by atoms with E-state index in [0.29, 0.717) is 6.04 Å². The van der Waals surface area contributed by atoms with Crippen LogP contribution in [0.15, 0.2) is 34.1 Å². The van der Waals surface area contributed by atoms with Crippen LogP contribution in [0.2, 0.25) is 5.02 Å². The Morgan fingerprint density at radius 2 is 2.00 bits per heavy atom. The Morgan fingerprint density at radius 3 is 2.55 bits per heavy atom. The van der Waals surface area contributed by atoms with E-state index in [1.165, 1.54) is 19.8 Å². The van der Waals surface area contributed by atoms with Crippen LogP contribution in [0.3, 0.4) is 0 Å². The maximum Gasteiger partial charge on any atom is 0.0704 e. The number of benzene rings is 1. The minimum Gasteiger partial charge on any atom is -0.310 e. The second kappa shape index (κ2) is 7.60. The van der Waals surface area contributed by atoms with Gasteiger partial charge >= 0.3 is 0 Å². The predicted molar refractivity (Wildman–Crippen MR) is 92.9 cm³/mol. The second-order valence-electron chi connectivity index (χ2n) is 4.90. The van der Waals surface area contributed by atoms with Crippen LogP contribution in [-0.4, -0.2) is 6.54 Å². The van der Waals surface area contributed by atoms with Gasteiger partial charge in [0.15, 0.2) is 0 Å². The molecular formula is C16H19BrClNS. The molecule has 1 aromatic carbocycles. The SMILES string of the molecule is CCCNC(Cc1ccc(Cl)cc1)c1cc(Br)sc1C. The highest BCUT2D eigenvalue weighted by molar-refractivity contribution is 9.11. The van der Waals surface area contributed by atoms with E-state index in [1.807, 2.05) is 12.1 Å². The number of rotatable bonds is 6. The lowest BCUT2D eigenvalue weighted by atomic mass is 9.99. The molecule has 0 aliphatic carbocycles. The Bertz CT molecular complexity index is 550. The number of nitrogens with one attached hydrogen (secondary N) is 1. The quantitative estimate of drug-likeness (QED) is 0.680. The van der Waals surface area contributed by atoms with Crippen molar-refractivity contribution in [1.29, 1.82) is 0 Å². The molecule has 0 aliphatic heterocycles. The molecule has 108 valence electrons. The van der Waals surface area contributed by atoms with Crippen LogP contribution >= 0.6 is 38.9 Å². The first-order chi connectivity index (χ1) is 9.60. The summed E-state index contributed by atoms with van der Waals surface area (Å²) in [7, 11) is 0. The summed E-state index contributed by atoms with van der Waals surface area (Å²) in [6, 6.07) is 10.7. The summed E-state index contributed by atoms with van der Waals surface area (Å²) in [6.45, 7) is 5.42. The molecule has 20 heavy (non-hydrogen) atoms. The zero-order valence-electron chi connectivity index (χ0n) is 11.7. The van der Waals surface area contributed by atoms with Gasteiger partial charge in [0.25, 0.3) is 0 Å². The molecule has 0 spiro atoms. The van der Waals surface area contributed by atoms with Crippen LogP contribution in [0, 0.1) is 6.92 Å². The molecule has 0 saturated heterocycles. The molecule has 1 N–H and O–H groups in total. The topological polar surface area (TPSA) is 12.0 Å². The summed E-state index contributed by atoms with van der Waals surface area (Å²) in [5.41, 5.74) is 2.70. The molecule has 2 rings (SSSR count). The average molecular weight is 373 g/mol. The summed E-state index contributed by atoms with van der Waals surface area (Å²) in [5.74, 6) is 0. The van der Waals surface area contributed by atoms with E-state index in [2.05, 4.69) is 53.3 Å². The fourth-order valence-corrected chi connectivity index (χ4v) is 4.17. The zero-order valence-corrected chi connectivity index (χ0v) is 14.9. The number of thiophene rings is 1. The van der Waals surface area contributed by atoms with E-state index in [9.17, 15) is 0 Å². The van der Waals surface area contributed by atoms with E-state index in [-0.39, 0.29) is 0 Å². The lowest BCUT2D eigenvalue weighted by molar-refractivity contribution is 0.529. The molecule has 1 aromatic heterocycles.